The number of fused-ring (bicyclic) bond motifs is 1. The van der Waals surface area contributed by atoms with Gasteiger partial charge in [0.15, 0.2) is 0 Å². The highest BCUT2D eigenvalue weighted by Gasteiger charge is 2.34. The minimum absolute atomic E-state index is 0.395. The number of ether oxygens (including phenoxy) is 1. The molecule has 1 aromatic heterocycles. The zero-order chi connectivity index (χ0) is 15.5. The van der Waals surface area contributed by atoms with Gasteiger partial charge in [0.05, 0.1) is 10.6 Å². The molecule has 0 bridgehead atoms. The van der Waals surface area contributed by atoms with Gasteiger partial charge in [0.25, 0.3) is 23.8 Å². The smallest absolute Gasteiger partial charge is 0.289 e. The second-order valence-electron chi connectivity index (χ2n) is 4.40. The average Bonchev–Trinajstić information content (AvgIpc) is 3.06. The zero-order valence-electron chi connectivity index (χ0n) is 11.2. The van der Waals surface area contributed by atoms with Crippen LogP contribution < -0.4 is 20.9 Å². The molecule has 22 heavy (non-hydrogen) atoms. The third kappa shape index (κ3) is 2.77. The summed E-state index contributed by atoms with van der Waals surface area (Å²) in [7, 11) is 0. The van der Waals surface area contributed by atoms with Crippen molar-refractivity contribution in [2.24, 2.45) is 0 Å². The molecular formula is C14H11N3O4S. The molecule has 1 aromatic carbocycles. The Kier molecular flexibility index (Phi) is 3.75. The summed E-state index contributed by atoms with van der Waals surface area (Å²) in [6, 6.07) is 10.1. The maximum absolute atomic E-state index is 12.0. The normalized spacial score (nSPS) is 16.0. The van der Waals surface area contributed by atoms with E-state index in [0.29, 0.717) is 16.3 Å². The summed E-state index contributed by atoms with van der Waals surface area (Å²) in [6.45, 7) is 0. The van der Waals surface area contributed by atoms with Gasteiger partial charge in [-0.3, -0.25) is 25.2 Å². The van der Waals surface area contributed by atoms with Crippen LogP contribution in [0.1, 0.15) is 9.67 Å². The van der Waals surface area contributed by atoms with E-state index in [1.165, 1.54) is 11.3 Å². The Morgan fingerprint density at radius 2 is 1.95 bits per heavy atom. The molecule has 0 aliphatic carbocycles. The van der Waals surface area contributed by atoms with Crippen molar-refractivity contribution < 1.29 is 19.1 Å². The number of nitrogens with one attached hydrogen (secondary N) is 3. The second-order valence-corrected chi connectivity index (χ2v) is 5.35. The van der Waals surface area contributed by atoms with Gasteiger partial charge in [0, 0.05) is 0 Å². The lowest BCUT2D eigenvalue weighted by molar-refractivity contribution is -0.137. The van der Waals surface area contributed by atoms with Crippen LogP contribution in [0.25, 0.3) is 0 Å². The van der Waals surface area contributed by atoms with E-state index in [0.717, 1.165) is 0 Å². The summed E-state index contributed by atoms with van der Waals surface area (Å²) in [5.41, 5.74) is 4.92. The maximum Gasteiger partial charge on any atom is 0.289 e. The molecule has 1 aliphatic rings. The fourth-order valence-electron chi connectivity index (χ4n) is 1.88. The summed E-state index contributed by atoms with van der Waals surface area (Å²) in [5, 5.41) is 4.31. The molecule has 3 amide bonds. The Labute approximate surface area is 129 Å². The highest BCUT2D eigenvalue weighted by molar-refractivity contribution is 7.12. The molecule has 0 spiro atoms. The van der Waals surface area contributed by atoms with Crippen molar-refractivity contribution in [1.29, 1.82) is 0 Å². The second kappa shape index (κ2) is 5.86. The van der Waals surface area contributed by atoms with Crippen LogP contribution in [0.15, 0.2) is 41.8 Å². The van der Waals surface area contributed by atoms with Gasteiger partial charge in [0.1, 0.15) is 5.75 Å². The quantitative estimate of drug-likeness (QED) is 0.566. The van der Waals surface area contributed by atoms with Gasteiger partial charge in [-0.1, -0.05) is 18.2 Å². The molecule has 7 nitrogen and oxygen atoms in total. The molecular weight excluding hydrogens is 306 g/mol. The Morgan fingerprint density at radius 3 is 2.73 bits per heavy atom. The van der Waals surface area contributed by atoms with Crippen LogP contribution >= 0.6 is 11.3 Å². The van der Waals surface area contributed by atoms with E-state index in [-0.39, 0.29) is 0 Å². The number of para-hydroxylation sites is 2. The molecule has 1 unspecified atom stereocenters. The first kappa shape index (κ1) is 14.1. The van der Waals surface area contributed by atoms with Gasteiger partial charge in [0.2, 0.25) is 0 Å². The molecule has 0 radical (unpaired) electrons. The lowest BCUT2D eigenvalue weighted by Gasteiger charge is -2.24. The van der Waals surface area contributed by atoms with Gasteiger partial charge in [-0.25, -0.2) is 0 Å². The Hall–Kier alpha value is -2.87. The van der Waals surface area contributed by atoms with E-state index in [9.17, 15) is 14.4 Å². The molecule has 3 rings (SSSR count). The standard InChI is InChI=1S/C14H11N3O4S/c18-12(10-6-3-7-22-10)16-17-14(20)11-13(19)15-8-4-1-2-5-9(8)21-11/h1-7,11H,(H,15,19)(H,16,18)(H,17,20). The topological polar surface area (TPSA) is 96.5 Å². The average molecular weight is 317 g/mol. The summed E-state index contributed by atoms with van der Waals surface area (Å²) >= 11 is 1.24. The van der Waals surface area contributed by atoms with E-state index >= 15 is 0 Å². The number of hydrazine groups is 1. The molecule has 0 fully saturated rings. The van der Waals surface area contributed by atoms with Crippen molar-refractivity contribution in [3.8, 4) is 5.75 Å². The number of hydrogen-bond acceptors (Lipinski definition) is 5. The maximum atomic E-state index is 12.0. The van der Waals surface area contributed by atoms with Crippen LogP contribution in [-0.4, -0.2) is 23.8 Å². The number of carbonyl (C=O) groups excluding carboxylic acids is 3. The Morgan fingerprint density at radius 1 is 1.14 bits per heavy atom. The summed E-state index contributed by atoms with van der Waals surface area (Å²) in [6.07, 6.45) is -1.36. The molecule has 2 aromatic rings. The van der Waals surface area contributed by atoms with Crippen LogP contribution in [0.5, 0.6) is 5.75 Å². The molecule has 0 saturated carbocycles. The molecule has 2 heterocycles. The van der Waals surface area contributed by atoms with E-state index < -0.39 is 23.8 Å². The molecule has 1 aliphatic heterocycles. The number of thiophene rings is 1. The fourth-order valence-corrected chi connectivity index (χ4v) is 2.50. The van der Waals surface area contributed by atoms with Gasteiger partial charge in [-0.05, 0) is 23.6 Å². The predicted octanol–water partition coefficient (Wildman–Crippen LogP) is 0.909. The Bertz CT molecular complexity index is 729. The van der Waals surface area contributed by atoms with Gasteiger partial charge < -0.3 is 10.1 Å². The molecule has 112 valence electrons. The first-order valence-corrected chi connectivity index (χ1v) is 7.23. The fraction of sp³-hybridized carbons (Fsp3) is 0.0714. The van der Waals surface area contributed by atoms with Crippen molar-refractivity contribution in [2.75, 3.05) is 5.32 Å². The van der Waals surface area contributed by atoms with Gasteiger partial charge in [-0.2, -0.15) is 0 Å². The number of benzene rings is 1. The number of carbonyl (C=O) groups is 3. The van der Waals surface area contributed by atoms with Gasteiger partial charge >= 0.3 is 0 Å². The monoisotopic (exact) mass is 317 g/mol. The van der Waals surface area contributed by atoms with Gasteiger partial charge in [-0.15, -0.1) is 11.3 Å². The van der Waals surface area contributed by atoms with E-state index in [1.807, 2.05) is 0 Å². The SMILES string of the molecule is O=C(NNC(=O)C1Oc2ccccc2NC1=O)c1cccs1. The van der Waals surface area contributed by atoms with Crippen LogP contribution in [0, 0.1) is 0 Å². The highest BCUT2D eigenvalue weighted by atomic mass is 32.1. The molecule has 0 saturated heterocycles. The van der Waals surface area contributed by atoms with Crippen LogP contribution in [0.4, 0.5) is 5.69 Å². The summed E-state index contributed by atoms with van der Waals surface area (Å²) in [4.78, 5) is 36.0. The van der Waals surface area contributed by atoms with Crippen molar-refractivity contribution >= 4 is 34.7 Å². The number of hydrogen-bond donors (Lipinski definition) is 3. The molecule has 3 N–H and O–H groups in total. The van der Waals surface area contributed by atoms with Crippen molar-refractivity contribution in [3.05, 3.63) is 46.7 Å². The zero-order valence-corrected chi connectivity index (χ0v) is 12.0. The number of rotatable bonds is 2. The van der Waals surface area contributed by atoms with E-state index in [1.54, 1.807) is 41.8 Å². The van der Waals surface area contributed by atoms with Crippen LogP contribution in [0.2, 0.25) is 0 Å². The summed E-state index contributed by atoms with van der Waals surface area (Å²) < 4.78 is 5.36. The number of anilines is 1. The van der Waals surface area contributed by atoms with Crippen molar-refractivity contribution in [1.82, 2.24) is 10.9 Å². The lowest BCUT2D eigenvalue weighted by atomic mass is 10.2. The minimum Gasteiger partial charge on any atom is -0.468 e. The lowest BCUT2D eigenvalue weighted by Crippen LogP contribution is -2.53. The third-order valence-corrected chi connectivity index (χ3v) is 3.78. The first-order chi connectivity index (χ1) is 10.6. The number of amides is 3. The largest absolute Gasteiger partial charge is 0.468 e. The van der Waals surface area contributed by atoms with Crippen molar-refractivity contribution in [3.63, 3.8) is 0 Å². The minimum atomic E-state index is -1.36. The van der Waals surface area contributed by atoms with E-state index in [4.69, 9.17) is 4.74 Å². The molecule has 1 atom stereocenters. The Balaban J connectivity index is 1.63. The predicted molar refractivity (Wildman–Crippen MR) is 79.4 cm³/mol. The van der Waals surface area contributed by atoms with Crippen LogP contribution in [0.3, 0.4) is 0 Å². The van der Waals surface area contributed by atoms with E-state index in [2.05, 4.69) is 16.2 Å². The first-order valence-electron chi connectivity index (χ1n) is 6.35. The highest BCUT2D eigenvalue weighted by Crippen LogP contribution is 2.28. The summed E-state index contributed by atoms with van der Waals surface area (Å²) in [5.74, 6) is -1.41. The van der Waals surface area contributed by atoms with Crippen molar-refractivity contribution in [2.45, 2.75) is 6.10 Å². The van der Waals surface area contributed by atoms with Crippen LogP contribution in [-0.2, 0) is 9.59 Å². The molecule has 8 heteroatoms. The third-order valence-electron chi connectivity index (χ3n) is 2.91.